The Labute approximate surface area is 88.6 Å². The summed E-state index contributed by atoms with van der Waals surface area (Å²) in [6, 6.07) is 9.76. The second-order valence-electron chi connectivity index (χ2n) is 3.78. The average Bonchev–Trinajstić information content (AvgIpc) is 2.48. The fourth-order valence-electron chi connectivity index (χ4n) is 1.70. The highest BCUT2D eigenvalue weighted by Crippen LogP contribution is 2.18. The molecule has 0 spiro atoms. The van der Waals surface area contributed by atoms with Crippen molar-refractivity contribution in [1.82, 2.24) is 4.90 Å². The quantitative estimate of drug-likeness (QED) is 0.797. The van der Waals surface area contributed by atoms with Crippen LogP contribution in [-0.4, -0.2) is 22.5 Å². The molecule has 2 rings (SSSR count). The van der Waals surface area contributed by atoms with Crippen LogP contribution < -0.4 is 0 Å². The standard InChI is InChI=1S/C12H13NO2/c1-9-7-13(12(15)11(9)14)8-10-5-3-2-4-6-10/h2-6,14H,7-8H2,1H3. The number of aliphatic hydroxyl groups is 1. The molecular weight excluding hydrogens is 190 g/mol. The van der Waals surface area contributed by atoms with Gasteiger partial charge in [-0.2, -0.15) is 0 Å². The van der Waals surface area contributed by atoms with Crippen molar-refractivity contribution < 1.29 is 9.90 Å². The number of carbonyl (C=O) groups excluding carboxylic acids is 1. The van der Waals surface area contributed by atoms with E-state index in [1.54, 1.807) is 11.8 Å². The van der Waals surface area contributed by atoms with Crippen molar-refractivity contribution in [2.24, 2.45) is 0 Å². The van der Waals surface area contributed by atoms with E-state index in [-0.39, 0.29) is 11.7 Å². The van der Waals surface area contributed by atoms with Crippen molar-refractivity contribution in [3.8, 4) is 0 Å². The molecule has 0 radical (unpaired) electrons. The Morgan fingerprint density at radius 2 is 2.00 bits per heavy atom. The maximum atomic E-state index is 11.5. The maximum absolute atomic E-state index is 11.5. The molecule has 0 aliphatic carbocycles. The summed E-state index contributed by atoms with van der Waals surface area (Å²) in [5.41, 5.74) is 1.82. The van der Waals surface area contributed by atoms with E-state index >= 15 is 0 Å². The predicted octanol–water partition coefficient (Wildman–Crippen LogP) is 1.86. The predicted molar refractivity (Wildman–Crippen MR) is 57.2 cm³/mol. The van der Waals surface area contributed by atoms with E-state index in [1.165, 1.54) is 0 Å². The molecule has 1 aliphatic heterocycles. The van der Waals surface area contributed by atoms with Crippen molar-refractivity contribution >= 4 is 5.91 Å². The molecule has 1 aromatic carbocycles. The monoisotopic (exact) mass is 203 g/mol. The highest BCUT2D eigenvalue weighted by atomic mass is 16.3. The van der Waals surface area contributed by atoms with Crippen molar-refractivity contribution in [3.05, 3.63) is 47.2 Å². The lowest BCUT2D eigenvalue weighted by atomic mass is 10.2. The number of rotatable bonds is 2. The van der Waals surface area contributed by atoms with Gasteiger partial charge < -0.3 is 10.0 Å². The van der Waals surface area contributed by atoms with Gasteiger partial charge in [-0.25, -0.2) is 0 Å². The van der Waals surface area contributed by atoms with Crippen LogP contribution in [0.4, 0.5) is 0 Å². The minimum atomic E-state index is -0.267. The third-order valence-electron chi connectivity index (χ3n) is 2.54. The second kappa shape index (κ2) is 3.77. The first-order valence-corrected chi connectivity index (χ1v) is 4.90. The van der Waals surface area contributed by atoms with Crippen LogP contribution in [0.1, 0.15) is 12.5 Å². The molecule has 0 aromatic heterocycles. The van der Waals surface area contributed by atoms with Gasteiger partial charge in [0.25, 0.3) is 5.91 Å². The molecule has 1 N–H and O–H groups in total. The highest BCUT2D eigenvalue weighted by Gasteiger charge is 2.27. The Bertz CT molecular complexity index is 409. The smallest absolute Gasteiger partial charge is 0.289 e. The molecule has 0 bridgehead atoms. The number of hydrogen-bond donors (Lipinski definition) is 1. The summed E-state index contributed by atoms with van der Waals surface area (Å²) in [4.78, 5) is 13.2. The van der Waals surface area contributed by atoms with E-state index < -0.39 is 0 Å². The number of nitrogens with zero attached hydrogens (tertiary/aromatic N) is 1. The van der Waals surface area contributed by atoms with Crippen LogP contribution in [0.15, 0.2) is 41.7 Å². The van der Waals surface area contributed by atoms with E-state index in [9.17, 15) is 9.90 Å². The molecule has 0 fully saturated rings. The number of aliphatic hydroxyl groups excluding tert-OH is 1. The molecule has 0 saturated heterocycles. The van der Waals surface area contributed by atoms with Gasteiger partial charge in [0.05, 0.1) is 0 Å². The van der Waals surface area contributed by atoms with Crippen LogP contribution in [0, 0.1) is 0 Å². The van der Waals surface area contributed by atoms with Gasteiger partial charge in [0, 0.05) is 13.1 Å². The summed E-state index contributed by atoms with van der Waals surface area (Å²) in [6.07, 6.45) is 0. The summed E-state index contributed by atoms with van der Waals surface area (Å²) < 4.78 is 0. The zero-order valence-electron chi connectivity index (χ0n) is 8.60. The third-order valence-corrected chi connectivity index (χ3v) is 2.54. The van der Waals surface area contributed by atoms with Crippen LogP contribution in [0.5, 0.6) is 0 Å². The Morgan fingerprint density at radius 3 is 2.53 bits per heavy atom. The van der Waals surface area contributed by atoms with Crippen LogP contribution in [0.2, 0.25) is 0 Å². The Morgan fingerprint density at radius 1 is 1.33 bits per heavy atom. The molecule has 0 saturated carbocycles. The third kappa shape index (κ3) is 1.86. The SMILES string of the molecule is CC1=C(O)C(=O)N(Cc2ccccc2)C1. The summed E-state index contributed by atoms with van der Waals surface area (Å²) in [7, 11) is 0. The Balaban J connectivity index is 2.08. The van der Waals surface area contributed by atoms with E-state index in [0.717, 1.165) is 11.1 Å². The van der Waals surface area contributed by atoms with E-state index in [0.29, 0.717) is 13.1 Å². The Hall–Kier alpha value is -1.77. The van der Waals surface area contributed by atoms with Crippen LogP contribution in [-0.2, 0) is 11.3 Å². The Kier molecular flexibility index (Phi) is 2.46. The number of benzene rings is 1. The summed E-state index contributed by atoms with van der Waals surface area (Å²) >= 11 is 0. The summed E-state index contributed by atoms with van der Waals surface area (Å²) in [5, 5.41) is 9.40. The molecule has 1 aliphatic rings. The lowest BCUT2D eigenvalue weighted by Gasteiger charge is -2.15. The number of amides is 1. The van der Waals surface area contributed by atoms with E-state index in [4.69, 9.17) is 0 Å². The van der Waals surface area contributed by atoms with Gasteiger partial charge in [-0.3, -0.25) is 4.79 Å². The molecule has 1 heterocycles. The number of hydrogen-bond acceptors (Lipinski definition) is 2. The fourth-order valence-corrected chi connectivity index (χ4v) is 1.70. The normalized spacial score (nSPS) is 16.3. The molecular formula is C12H13NO2. The zero-order chi connectivity index (χ0) is 10.8. The lowest BCUT2D eigenvalue weighted by molar-refractivity contribution is -0.128. The van der Waals surface area contributed by atoms with Crippen molar-refractivity contribution in [2.45, 2.75) is 13.5 Å². The average molecular weight is 203 g/mol. The van der Waals surface area contributed by atoms with Crippen molar-refractivity contribution in [3.63, 3.8) is 0 Å². The fraction of sp³-hybridized carbons (Fsp3) is 0.250. The molecule has 0 atom stereocenters. The zero-order valence-corrected chi connectivity index (χ0v) is 8.60. The highest BCUT2D eigenvalue weighted by molar-refractivity contribution is 5.94. The van der Waals surface area contributed by atoms with E-state index in [2.05, 4.69) is 0 Å². The van der Waals surface area contributed by atoms with Gasteiger partial charge in [-0.1, -0.05) is 30.3 Å². The first-order valence-electron chi connectivity index (χ1n) is 4.90. The van der Waals surface area contributed by atoms with Crippen LogP contribution >= 0.6 is 0 Å². The van der Waals surface area contributed by atoms with Gasteiger partial charge in [-0.05, 0) is 18.1 Å². The van der Waals surface area contributed by atoms with Crippen molar-refractivity contribution in [1.29, 1.82) is 0 Å². The number of carbonyl (C=O) groups is 1. The molecule has 3 nitrogen and oxygen atoms in total. The first kappa shape index (κ1) is 9.77. The largest absolute Gasteiger partial charge is 0.503 e. The molecule has 1 amide bonds. The van der Waals surface area contributed by atoms with Crippen LogP contribution in [0.25, 0.3) is 0 Å². The van der Waals surface area contributed by atoms with Gasteiger partial charge in [-0.15, -0.1) is 0 Å². The minimum Gasteiger partial charge on any atom is -0.503 e. The summed E-state index contributed by atoms with van der Waals surface area (Å²) in [5.74, 6) is -0.359. The molecule has 3 heteroatoms. The molecule has 0 unspecified atom stereocenters. The molecule has 15 heavy (non-hydrogen) atoms. The van der Waals surface area contributed by atoms with E-state index in [1.807, 2.05) is 30.3 Å². The topological polar surface area (TPSA) is 40.5 Å². The maximum Gasteiger partial charge on any atom is 0.289 e. The van der Waals surface area contributed by atoms with Gasteiger partial charge in [0.1, 0.15) is 0 Å². The molecule has 78 valence electrons. The second-order valence-corrected chi connectivity index (χ2v) is 3.78. The van der Waals surface area contributed by atoms with Gasteiger partial charge >= 0.3 is 0 Å². The summed E-state index contributed by atoms with van der Waals surface area (Å²) in [6.45, 7) is 2.86. The van der Waals surface area contributed by atoms with Crippen molar-refractivity contribution in [2.75, 3.05) is 6.54 Å². The van der Waals surface area contributed by atoms with Gasteiger partial charge in [0.15, 0.2) is 5.76 Å². The first-order chi connectivity index (χ1) is 7.18. The lowest BCUT2D eigenvalue weighted by Crippen LogP contribution is -2.26. The molecule has 1 aromatic rings. The van der Waals surface area contributed by atoms with Crippen LogP contribution in [0.3, 0.4) is 0 Å². The van der Waals surface area contributed by atoms with Gasteiger partial charge in [0.2, 0.25) is 0 Å². The minimum absolute atomic E-state index is 0.0917.